The molecule has 0 aliphatic heterocycles. The minimum Gasteiger partial charge on any atom is -0.463 e. The van der Waals surface area contributed by atoms with Crippen LogP contribution in [0.4, 0.5) is 0 Å². The van der Waals surface area contributed by atoms with Crippen LogP contribution in [0, 0.1) is 6.92 Å². The fourth-order valence-electron chi connectivity index (χ4n) is 1.41. The molecule has 0 bridgehead atoms. The Bertz CT molecular complexity index is 499. The molecule has 0 fully saturated rings. The summed E-state index contributed by atoms with van der Waals surface area (Å²) in [6, 6.07) is 3.36. The zero-order chi connectivity index (χ0) is 11.5. The molecule has 2 heterocycles. The highest BCUT2D eigenvalue weighted by molar-refractivity contribution is 5.86. The summed E-state index contributed by atoms with van der Waals surface area (Å²) in [6.45, 7) is 2.47. The highest BCUT2D eigenvalue weighted by atomic mass is 16.5. The van der Waals surface area contributed by atoms with E-state index in [1.165, 1.54) is 7.11 Å². The van der Waals surface area contributed by atoms with E-state index in [4.69, 9.17) is 4.42 Å². The van der Waals surface area contributed by atoms with Crippen molar-refractivity contribution in [2.24, 2.45) is 0 Å². The number of ether oxygens (including phenoxy) is 1. The maximum Gasteiger partial charge on any atom is 0.373 e. The number of hydrogen-bond acceptors (Lipinski definition) is 4. The predicted octanol–water partition coefficient (Wildman–Crippen LogP) is 1.62. The van der Waals surface area contributed by atoms with Gasteiger partial charge in [0.25, 0.3) is 0 Å². The second kappa shape index (κ2) is 4.22. The molecular formula is C11H12N2O3. The van der Waals surface area contributed by atoms with Crippen LogP contribution in [0.15, 0.2) is 28.9 Å². The minimum absolute atomic E-state index is 0.218. The number of nitrogens with zero attached hydrogens (tertiary/aromatic N) is 2. The molecular weight excluding hydrogens is 208 g/mol. The highest BCUT2D eigenvalue weighted by Gasteiger charge is 2.11. The van der Waals surface area contributed by atoms with Crippen LogP contribution >= 0.6 is 0 Å². The maximum absolute atomic E-state index is 11.2. The lowest BCUT2D eigenvalue weighted by atomic mass is 10.4. The van der Waals surface area contributed by atoms with Gasteiger partial charge in [0.2, 0.25) is 5.76 Å². The van der Waals surface area contributed by atoms with Crippen molar-refractivity contribution in [2.75, 3.05) is 7.11 Å². The van der Waals surface area contributed by atoms with E-state index in [0.717, 1.165) is 5.82 Å². The van der Waals surface area contributed by atoms with Crippen LogP contribution in [-0.4, -0.2) is 22.6 Å². The fourth-order valence-corrected chi connectivity index (χ4v) is 1.41. The molecule has 2 aromatic rings. The lowest BCUT2D eigenvalue weighted by Gasteiger charge is -2.01. The first-order chi connectivity index (χ1) is 7.70. The summed E-state index contributed by atoms with van der Waals surface area (Å²) >= 11 is 0. The molecule has 0 aliphatic rings. The smallest absolute Gasteiger partial charge is 0.373 e. The van der Waals surface area contributed by atoms with Crippen LogP contribution in [-0.2, 0) is 11.3 Å². The van der Waals surface area contributed by atoms with E-state index in [-0.39, 0.29) is 5.76 Å². The van der Waals surface area contributed by atoms with E-state index in [2.05, 4.69) is 9.72 Å². The molecule has 5 heteroatoms. The van der Waals surface area contributed by atoms with E-state index in [0.29, 0.717) is 12.3 Å². The van der Waals surface area contributed by atoms with Crippen LogP contribution in [0.25, 0.3) is 0 Å². The number of methoxy groups -OCH3 is 1. The van der Waals surface area contributed by atoms with Crippen LogP contribution in [0.5, 0.6) is 0 Å². The van der Waals surface area contributed by atoms with Gasteiger partial charge in [-0.2, -0.15) is 0 Å². The average Bonchev–Trinajstić information content (AvgIpc) is 2.89. The minimum atomic E-state index is -0.464. The number of hydrogen-bond donors (Lipinski definition) is 0. The van der Waals surface area contributed by atoms with Crippen molar-refractivity contribution in [3.05, 3.63) is 41.9 Å². The van der Waals surface area contributed by atoms with Crippen LogP contribution in [0.1, 0.15) is 22.1 Å². The average molecular weight is 220 g/mol. The van der Waals surface area contributed by atoms with E-state index in [1.54, 1.807) is 18.3 Å². The van der Waals surface area contributed by atoms with E-state index in [9.17, 15) is 4.79 Å². The third-order valence-electron chi connectivity index (χ3n) is 2.30. The summed E-state index contributed by atoms with van der Waals surface area (Å²) in [6.07, 6.45) is 3.58. The Labute approximate surface area is 92.7 Å². The topological polar surface area (TPSA) is 57.3 Å². The molecule has 0 amide bonds. The van der Waals surface area contributed by atoms with Gasteiger partial charge < -0.3 is 13.7 Å². The molecule has 2 rings (SSSR count). The van der Waals surface area contributed by atoms with Crippen LogP contribution in [0.3, 0.4) is 0 Å². The second-order valence-corrected chi connectivity index (χ2v) is 3.36. The Hall–Kier alpha value is -2.04. The Morgan fingerprint density at radius 2 is 2.38 bits per heavy atom. The summed E-state index contributed by atoms with van der Waals surface area (Å²) in [5, 5.41) is 0. The van der Waals surface area contributed by atoms with Gasteiger partial charge in [0.05, 0.1) is 13.7 Å². The van der Waals surface area contributed by atoms with Crippen molar-refractivity contribution in [1.29, 1.82) is 0 Å². The number of aromatic nitrogens is 2. The Balaban J connectivity index is 2.14. The predicted molar refractivity (Wildman–Crippen MR) is 56.1 cm³/mol. The standard InChI is InChI=1S/C11H12N2O3/c1-8-12-5-6-13(8)7-9-3-4-10(16-9)11(14)15-2/h3-6H,7H2,1-2H3. The van der Waals surface area contributed by atoms with E-state index < -0.39 is 5.97 Å². The Morgan fingerprint density at radius 3 is 3.00 bits per heavy atom. The monoisotopic (exact) mass is 220 g/mol. The lowest BCUT2D eigenvalue weighted by Crippen LogP contribution is -2.00. The summed E-state index contributed by atoms with van der Waals surface area (Å²) in [5.74, 6) is 1.35. The molecule has 2 aromatic heterocycles. The van der Waals surface area contributed by atoms with Gasteiger partial charge in [-0.15, -0.1) is 0 Å². The molecule has 0 N–H and O–H groups in total. The van der Waals surface area contributed by atoms with Crippen LogP contribution in [0.2, 0.25) is 0 Å². The number of imidazole rings is 1. The normalized spacial score (nSPS) is 10.4. The van der Waals surface area contributed by atoms with Gasteiger partial charge >= 0.3 is 5.97 Å². The molecule has 16 heavy (non-hydrogen) atoms. The van der Waals surface area contributed by atoms with Crippen molar-refractivity contribution >= 4 is 5.97 Å². The SMILES string of the molecule is COC(=O)c1ccc(Cn2ccnc2C)o1. The van der Waals surface area contributed by atoms with Gasteiger partial charge in [0.15, 0.2) is 0 Å². The first-order valence-corrected chi connectivity index (χ1v) is 4.85. The van der Waals surface area contributed by atoms with Gasteiger partial charge in [-0.1, -0.05) is 0 Å². The van der Waals surface area contributed by atoms with Crippen LogP contribution < -0.4 is 0 Å². The number of esters is 1. The van der Waals surface area contributed by atoms with Crippen molar-refractivity contribution in [2.45, 2.75) is 13.5 Å². The number of carbonyl (C=O) groups excluding carboxylic acids is 1. The molecule has 0 unspecified atom stereocenters. The van der Waals surface area contributed by atoms with Crippen molar-refractivity contribution in [3.8, 4) is 0 Å². The molecule has 0 saturated carbocycles. The Kier molecular flexibility index (Phi) is 2.76. The van der Waals surface area contributed by atoms with Crippen molar-refractivity contribution < 1.29 is 13.9 Å². The van der Waals surface area contributed by atoms with Gasteiger partial charge in [-0.05, 0) is 19.1 Å². The largest absolute Gasteiger partial charge is 0.463 e. The molecule has 0 radical (unpaired) electrons. The van der Waals surface area contributed by atoms with E-state index >= 15 is 0 Å². The fraction of sp³-hybridized carbons (Fsp3) is 0.273. The highest BCUT2D eigenvalue weighted by Crippen LogP contribution is 2.11. The van der Waals surface area contributed by atoms with Crippen molar-refractivity contribution in [3.63, 3.8) is 0 Å². The van der Waals surface area contributed by atoms with Crippen molar-refractivity contribution in [1.82, 2.24) is 9.55 Å². The molecule has 5 nitrogen and oxygen atoms in total. The number of aryl methyl sites for hydroxylation is 1. The van der Waals surface area contributed by atoms with Gasteiger partial charge in [0.1, 0.15) is 11.6 Å². The zero-order valence-corrected chi connectivity index (χ0v) is 9.14. The molecule has 84 valence electrons. The number of furan rings is 1. The number of rotatable bonds is 3. The molecule has 0 atom stereocenters. The van der Waals surface area contributed by atoms with Gasteiger partial charge in [-0.3, -0.25) is 0 Å². The Morgan fingerprint density at radius 1 is 1.56 bits per heavy atom. The first-order valence-electron chi connectivity index (χ1n) is 4.85. The molecule has 0 aromatic carbocycles. The molecule has 0 spiro atoms. The summed E-state index contributed by atoms with van der Waals surface area (Å²) in [7, 11) is 1.32. The quantitative estimate of drug-likeness (QED) is 0.737. The number of carbonyl (C=O) groups is 1. The summed E-state index contributed by atoms with van der Waals surface area (Å²) in [4.78, 5) is 15.3. The second-order valence-electron chi connectivity index (χ2n) is 3.36. The third-order valence-corrected chi connectivity index (χ3v) is 2.30. The zero-order valence-electron chi connectivity index (χ0n) is 9.14. The summed E-state index contributed by atoms with van der Waals surface area (Å²) in [5.41, 5.74) is 0. The third kappa shape index (κ3) is 1.98. The van der Waals surface area contributed by atoms with Gasteiger partial charge in [-0.25, -0.2) is 9.78 Å². The molecule has 0 aliphatic carbocycles. The van der Waals surface area contributed by atoms with Gasteiger partial charge in [0, 0.05) is 12.4 Å². The first kappa shape index (κ1) is 10.5. The van der Waals surface area contributed by atoms with E-state index in [1.807, 2.05) is 17.7 Å². The maximum atomic E-state index is 11.2. The summed E-state index contributed by atoms with van der Waals surface area (Å²) < 4.78 is 11.8. The lowest BCUT2D eigenvalue weighted by molar-refractivity contribution is 0.0563. The molecule has 0 saturated heterocycles.